The first-order valence-electron chi connectivity index (χ1n) is 24.2. The van der Waals surface area contributed by atoms with Crippen LogP contribution in [0.15, 0.2) is 60.7 Å². The van der Waals surface area contributed by atoms with Crippen LogP contribution < -0.4 is 31.9 Å². The Bertz CT molecular complexity index is 1600. The van der Waals surface area contributed by atoms with E-state index in [1.807, 2.05) is 0 Å². The molecule has 6 N–H and O–H groups in total. The van der Waals surface area contributed by atoms with Crippen molar-refractivity contribution in [3.8, 4) is 0 Å². The van der Waals surface area contributed by atoms with Crippen molar-refractivity contribution in [3.05, 3.63) is 66.5 Å². The second kappa shape index (κ2) is 22.6. The zero-order valence-corrected chi connectivity index (χ0v) is 40.7. The third-order valence-corrected chi connectivity index (χ3v) is 14.5. The van der Waals surface area contributed by atoms with Gasteiger partial charge in [-0.25, -0.2) is 0 Å². The average molecular weight is 854 g/mol. The van der Waals surface area contributed by atoms with E-state index in [-0.39, 0.29) is 28.2 Å². The van der Waals surface area contributed by atoms with Gasteiger partial charge in [-0.15, -0.1) is 0 Å². The largest absolute Gasteiger partial charge is 0.330 e. The highest BCUT2D eigenvalue weighted by Gasteiger charge is 2.43. The second-order valence-corrected chi connectivity index (χ2v) is 21.2. The molecule has 0 amide bonds. The number of piperidine rings is 2. The monoisotopic (exact) mass is 854 g/mol. The number of nitrogens with one attached hydrogen (secondary N) is 2. The summed E-state index contributed by atoms with van der Waals surface area (Å²) in [6.45, 7) is 24.6. The molecule has 0 aliphatic carbocycles. The lowest BCUT2D eigenvalue weighted by Gasteiger charge is -2.54. The van der Waals surface area contributed by atoms with E-state index >= 15 is 0 Å². The van der Waals surface area contributed by atoms with Gasteiger partial charge in [0.15, 0.2) is 5.82 Å². The van der Waals surface area contributed by atoms with Crippen molar-refractivity contribution in [3.63, 3.8) is 0 Å². The standard InChI is InChI=1S/C51H87N11/c1-48(2)36-40(37-49(3,4)59(48)9)22-17-19-34-61(42-24-13-11-14-25-42)46-56-45(44(28-30-53)55-33-32-54-31-21-29-52)57-47(58-46)62(43-26-15-12-16-27-43)35-20-18-23-41-38-50(5,6)60(10)51(7,8)39-41/h11-16,24-27,40-41,44,54-55H,17-23,28-39,52-53H2,1-10H3. The molecule has 2 aliphatic rings. The van der Waals surface area contributed by atoms with Crippen LogP contribution in [0.5, 0.6) is 0 Å². The van der Waals surface area contributed by atoms with Crippen LogP contribution in [0, 0.1) is 11.8 Å². The first-order chi connectivity index (χ1) is 29.5. The van der Waals surface area contributed by atoms with E-state index in [1.54, 1.807) is 0 Å². The fraction of sp³-hybridized carbons (Fsp3) is 0.706. The van der Waals surface area contributed by atoms with Gasteiger partial charge in [-0.3, -0.25) is 9.80 Å². The molecule has 0 spiro atoms. The Morgan fingerprint density at radius 1 is 0.581 bits per heavy atom. The number of rotatable bonds is 24. The van der Waals surface area contributed by atoms with Crippen molar-refractivity contribution in [1.29, 1.82) is 0 Å². The summed E-state index contributed by atoms with van der Waals surface area (Å²) in [6.07, 6.45) is 13.5. The average Bonchev–Trinajstić information content (AvgIpc) is 3.23. The molecule has 2 aromatic carbocycles. The minimum atomic E-state index is -0.126. The van der Waals surface area contributed by atoms with Crippen molar-refractivity contribution in [2.75, 3.05) is 69.7 Å². The van der Waals surface area contributed by atoms with E-state index in [1.165, 1.54) is 38.5 Å². The molecule has 1 aromatic heterocycles. The molecule has 1 unspecified atom stereocenters. The van der Waals surface area contributed by atoms with Gasteiger partial charge in [-0.05, 0) is 177 Å². The maximum atomic E-state index is 6.31. The fourth-order valence-corrected chi connectivity index (χ4v) is 10.8. The van der Waals surface area contributed by atoms with Gasteiger partial charge in [0.25, 0.3) is 0 Å². The molecule has 62 heavy (non-hydrogen) atoms. The van der Waals surface area contributed by atoms with E-state index in [4.69, 9.17) is 26.4 Å². The third kappa shape index (κ3) is 13.7. The Morgan fingerprint density at radius 2 is 1.02 bits per heavy atom. The van der Waals surface area contributed by atoms with Gasteiger partial charge >= 0.3 is 0 Å². The van der Waals surface area contributed by atoms with Crippen molar-refractivity contribution in [1.82, 2.24) is 35.4 Å². The molecule has 346 valence electrons. The number of hydrogen-bond donors (Lipinski definition) is 4. The maximum absolute atomic E-state index is 6.31. The molecule has 2 saturated heterocycles. The lowest BCUT2D eigenvalue weighted by atomic mass is 9.72. The van der Waals surface area contributed by atoms with Crippen LogP contribution in [0.2, 0.25) is 0 Å². The topological polar surface area (TPSA) is 128 Å². The van der Waals surface area contributed by atoms with Crippen LogP contribution in [-0.4, -0.2) is 107 Å². The molecule has 3 aromatic rings. The van der Waals surface area contributed by atoms with Crippen LogP contribution in [0.1, 0.15) is 144 Å². The minimum Gasteiger partial charge on any atom is -0.330 e. The highest BCUT2D eigenvalue weighted by molar-refractivity contribution is 5.61. The molecule has 3 heterocycles. The number of hydrogen-bond acceptors (Lipinski definition) is 11. The van der Waals surface area contributed by atoms with Crippen molar-refractivity contribution in [2.45, 2.75) is 161 Å². The zero-order valence-electron chi connectivity index (χ0n) is 40.7. The van der Waals surface area contributed by atoms with Gasteiger partial charge in [-0.2, -0.15) is 15.0 Å². The van der Waals surface area contributed by atoms with Crippen LogP contribution in [-0.2, 0) is 0 Å². The summed E-state index contributed by atoms with van der Waals surface area (Å²) < 4.78 is 0. The number of anilines is 4. The first-order valence-corrected chi connectivity index (χ1v) is 24.2. The van der Waals surface area contributed by atoms with Gasteiger partial charge in [0.05, 0.1) is 6.04 Å². The van der Waals surface area contributed by atoms with Gasteiger partial charge < -0.3 is 31.9 Å². The second-order valence-electron chi connectivity index (χ2n) is 21.2. The Hall–Kier alpha value is -3.19. The number of benzene rings is 2. The maximum Gasteiger partial charge on any atom is 0.235 e. The SMILES string of the molecule is CN1C(C)(C)CC(CCCCN(c2ccccc2)c2nc(C(CCN)NCCNCCCN)nc(N(CCCCC3CC(C)(C)N(C)C(C)(C)C3)c3ccccc3)n2)CC1(C)C. The van der Waals surface area contributed by atoms with Gasteiger partial charge in [-0.1, -0.05) is 62.1 Å². The molecule has 0 radical (unpaired) electrons. The summed E-state index contributed by atoms with van der Waals surface area (Å²) in [6, 6.07) is 21.3. The molecule has 0 saturated carbocycles. The molecular formula is C51H87N11. The van der Waals surface area contributed by atoms with Crippen molar-refractivity contribution in [2.24, 2.45) is 23.3 Å². The fourth-order valence-electron chi connectivity index (χ4n) is 10.8. The molecule has 11 nitrogen and oxygen atoms in total. The Kier molecular flexibility index (Phi) is 18.2. The lowest BCUT2D eigenvalue weighted by molar-refractivity contribution is -0.0323. The number of likely N-dealkylation sites (tertiary alicyclic amines) is 2. The van der Waals surface area contributed by atoms with Crippen LogP contribution in [0.4, 0.5) is 23.3 Å². The van der Waals surface area contributed by atoms with Gasteiger partial charge in [0.1, 0.15) is 0 Å². The predicted octanol–water partition coefficient (Wildman–Crippen LogP) is 9.20. The summed E-state index contributed by atoms with van der Waals surface area (Å²) in [7, 11) is 4.60. The molecule has 1 atom stereocenters. The Labute approximate surface area is 377 Å². The van der Waals surface area contributed by atoms with Gasteiger partial charge in [0, 0.05) is 59.7 Å². The summed E-state index contributed by atoms with van der Waals surface area (Å²) in [4.78, 5) is 26.0. The van der Waals surface area contributed by atoms with Crippen molar-refractivity contribution < 1.29 is 0 Å². The number of nitrogens with two attached hydrogens (primary N) is 2. The molecule has 0 bridgehead atoms. The Balaban J connectivity index is 1.44. The smallest absolute Gasteiger partial charge is 0.235 e. The minimum absolute atomic E-state index is 0.126. The Morgan fingerprint density at radius 3 is 1.42 bits per heavy atom. The summed E-state index contributed by atoms with van der Waals surface area (Å²) >= 11 is 0. The number of aromatic nitrogens is 3. The first kappa shape index (κ1) is 49.8. The number of para-hydroxylation sites is 2. The van der Waals surface area contributed by atoms with Crippen LogP contribution in [0.3, 0.4) is 0 Å². The molecule has 2 aliphatic heterocycles. The van der Waals surface area contributed by atoms with Gasteiger partial charge in [0.2, 0.25) is 11.9 Å². The number of nitrogens with zero attached hydrogens (tertiary/aromatic N) is 7. The van der Waals surface area contributed by atoms with E-state index in [0.717, 1.165) is 88.4 Å². The third-order valence-electron chi connectivity index (χ3n) is 14.5. The van der Waals surface area contributed by atoms with Crippen LogP contribution in [0.25, 0.3) is 0 Å². The highest BCUT2D eigenvalue weighted by Crippen LogP contribution is 2.43. The normalized spacial score (nSPS) is 19.7. The lowest BCUT2D eigenvalue weighted by Crippen LogP contribution is -2.58. The highest BCUT2D eigenvalue weighted by atomic mass is 15.3. The quantitative estimate of drug-likeness (QED) is 0.0645. The number of unbranched alkanes of at least 4 members (excludes halogenated alkanes) is 2. The van der Waals surface area contributed by atoms with E-state index in [9.17, 15) is 0 Å². The molecule has 5 rings (SSSR count). The molecule has 11 heteroatoms. The van der Waals surface area contributed by atoms with Crippen molar-refractivity contribution >= 4 is 23.3 Å². The summed E-state index contributed by atoms with van der Waals surface area (Å²) in [5.74, 6) is 3.55. The zero-order chi connectivity index (χ0) is 45.0. The van der Waals surface area contributed by atoms with E-state index in [0.29, 0.717) is 36.8 Å². The van der Waals surface area contributed by atoms with E-state index < -0.39 is 0 Å². The van der Waals surface area contributed by atoms with E-state index in [2.05, 4.69) is 160 Å². The van der Waals surface area contributed by atoms with Crippen LogP contribution >= 0.6 is 0 Å². The summed E-state index contributed by atoms with van der Waals surface area (Å²) in [5.41, 5.74) is 15.0. The molecular weight excluding hydrogens is 767 g/mol. The summed E-state index contributed by atoms with van der Waals surface area (Å²) in [5, 5.41) is 7.28. The molecule has 2 fully saturated rings. The predicted molar refractivity (Wildman–Crippen MR) is 263 cm³/mol.